The van der Waals surface area contributed by atoms with E-state index in [1.165, 1.54) is 12.3 Å². The summed E-state index contributed by atoms with van der Waals surface area (Å²) in [7, 11) is 0. The van der Waals surface area contributed by atoms with Gasteiger partial charge in [-0.3, -0.25) is 0 Å². The number of ether oxygens (including phenoxy) is 1. The Morgan fingerprint density at radius 3 is 2.44 bits per heavy atom. The highest BCUT2D eigenvalue weighted by Crippen LogP contribution is 2.30. The van der Waals surface area contributed by atoms with Crippen molar-refractivity contribution < 1.29 is 17.9 Å². The molecule has 0 radical (unpaired) electrons. The van der Waals surface area contributed by atoms with Crippen LogP contribution in [0.2, 0.25) is 5.15 Å². The summed E-state index contributed by atoms with van der Waals surface area (Å²) in [6, 6.07) is 5.14. The molecule has 0 N–H and O–H groups in total. The largest absolute Gasteiger partial charge is 0.453 e. The summed E-state index contributed by atoms with van der Waals surface area (Å²) in [4.78, 5) is 7.03. The molecule has 3 nitrogen and oxygen atoms in total. The van der Waals surface area contributed by atoms with Crippen LogP contribution >= 0.6 is 11.6 Å². The maximum absolute atomic E-state index is 12.3. The lowest BCUT2D eigenvalue weighted by Crippen LogP contribution is -2.07. The fourth-order valence-corrected chi connectivity index (χ4v) is 1.34. The molecule has 0 aromatic carbocycles. The van der Waals surface area contributed by atoms with Crippen LogP contribution in [-0.2, 0) is 6.18 Å². The molecule has 2 aromatic heterocycles. The van der Waals surface area contributed by atoms with Crippen LogP contribution in [0.25, 0.3) is 0 Å². The van der Waals surface area contributed by atoms with Gasteiger partial charge in [0.1, 0.15) is 11.4 Å². The molecular formula is C11H6ClF3N2O. The number of rotatable bonds is 2. The van der Waals surface area contributed by atoms with E-state index in [0.717, 1.165) is 12.3 Å². The van der Waals surface area contributed by atoms with Crippen LogP contribution in [0.15, 0.2) is 36.7 Å². The Kier molecular flexibility index (Phi) is 3.38. The molecule has 0 aliphatic carbocycles. The van der Waals surface area contributed by atoms with Crippen molar-refractivity contribution in [3.8, 4) is 11.5 Å². The quantitative estimate of drug-likeness (QED) is 0.778. The standard InChI is InChI=1S/C11H6ClF3N2O/c12-10-8(2-1-5-16-10)18-7-3-4-9(17-6-7)11(13,14)15/h1-6H. The molecule has 0 aliphatic rings. The third-order valence-corrected chi connectivity index (χ3v) is 2.26. The van der Waals surface area contributed by atoms with Gasteiger partial charge in [-0.2, -0.15) is 13.2 Å². The molecule has 0 atom stereocenters. The van der Waals surface area contributed by atoms with E-state index in [-0.39, 0.29) is 16.7 Å². The third kappa shape index (κ3) is 2.89. The Hall–Kier alpha value is -1.82. The lowest BCUT2D eigenvalue weighted by Gasteiger charge is -2.08. The normalized spacial score (nSPS) is 11.3. The molecule has 0 aliphatic heterocycles. The van der Waals surface area contributed by atoms with Crippen molar-refractivity contribution >= 4 is 11.6 Å². The van der Waals surface area contributed by atoms with Crippen molar-refractivity contribution in [2.24, 2.45) is 0 Å². The van der Waals surface area contributed by atoms with E-state index in [1.54, 1.807) is 12.1 Å². The number of nitrogens with zero attached hydrogens (tertiary/aromatic N) is 2. The number of alkyl halides is 3. The molecule has 0 unspecified atom stereocenters. The number of pyridine rings is 2. The minimum atomic E-state index is -4.47. The second-order valence-corrected chi connectivity index (χ2v) is 3.63. The molecule has 0 saturated carbocycles. The Balaban J connectivity index is 2.19. The monoisotopic (exact) mass is 274 g/mol. The van der Waals surface area contributed by atoms with Gasteiger partial charge in [-0.1, -0.05) is 11.6 Å². The zero-order valence-electron chi connectivity index (χ0n) is 8.78. The summed E-state index contributed by atoms with van der Waals surface area (Å²) >= 11 is 5.74. The molecule has 18 heavy (non-hydrogen) atoms. The second kappa shape index (κ2) is 4.81. The first-order valence-corrected chi connectivity index (χ1v) is 5.16. The zero-order valence-corrected chi connectivity index (χ0v) is 9.53. The maximum Gasteiger partial charge on any atom is 0.433 e. The van der Waals surface area contributed by atoms with Gasteiger partial charge in [-0.05, 0) is 24.3 Å². The van der Waals surface area contributed by atoms with E-state index < -0.39 is 11.9 Å². The fourth-order valence-electron chi connectivity index (χ4n) is 1.18. The topological polar surface area (TPSA) is 35.0 Å². The molecular weight excluding hydrogens is 269 g/mol. The molecule has 2 heterocycles. The van der Waals surface area contributed by atoms with E-state index in [2.05, 4.69) is 9.97 Å². The van der Waals surface area contributed by atoms with Crippen LogP contribution in [0.3, 0.4) is 0 Å². The predicted octanol–water partition coefficient (Wildman–Crippen LogP) is 3.94. The highest BCUT2D eigenvalue weighted by molar-refractivity contribution is 6.30. The van der Waals surface area contributed by atoms with E-state index in [4.69, 9.17) is 16.3 Å². The molecule has 2 rings (SSSR count). The van der Waals surface area contributed by atoms with E-state index in [0.29, 0.717) is 0 Å². The lowest BCUT2D eigenvalue weighted by molar-refractivity contribution is -0.141. The van der Waals surface area contributed by atoms with E-state index in [9.17, 15) is 13.2 Å². The average molecular weight is 275 g/mol. The van der Waals surface area contributed by atoms with Crippen LogP contribution in [0.4, 0.5) is 13.2 Å². The molecule has 2 aromatic rings. The minimum Gasteiger partial charge on any atom is -0.453 e. The Morgan fingerprint density at radius 2 is 1.89 bits per heavy atom. The van der Waals surface area contributed by atoms with Gasteiger partial charge in [-0.25, -0.2) is 9.97 Å². The number of aromatic nitrogens is 2. The summed E-state index contributed by atoms with van der Waals surface area (Å²) in [5.41, 5.74) is -0.980. The molecule has 0 bridgehead atoms. The first kappa shape index (κ1) is 12.6. The smallest absolute Gasteiger partial charge is 0.433 e. The number of hydrogen-bond acceptors (Lipinski definition) is 3. The van der Waals surface area contributed by atoms with E-state index >= 15 is 0 Å². The SMILES string of the molecule is FC(F)(F)c1ccc(Oc2cccnc2Cl)cn1. The van der Waals surface area contributed by atoms with Gasteiger partial charge in [0.15, 0.2) is 10.9 Å². The van der Waals surface area contributed by atoms with Crippen LogP contribution in [0, 0.1) is 0 Å². The van der Waals surface area contributed by atoms with Crippen molar-refractivity contribution in [1.82, 2.24) is 9.97 Å². The first-order chi connectivity index (χ1) is 8.47. The van der Waals surface area contributed by atoms with Gasteiger partial charge in [0.25, 0.3) is 0 Å². The van der Waals surface area contributed by atoms with Gasteiger partial charge >= 0.3 is 6.18 Å². The fraction of sp³-hybridized carbons (Fsp3) is 0.0909. The Labute approximate surface area is 105 Å². The van der Waals surface area contributed by atoms with Crippen molar-refractivity contribution in [3.05, 3.63) is 47.5 Å². The molecule has 0 saturated heterocycles. The van der Waals surface area contributed by atoms with Gasteiger partial charge in [-0.15, -0.1) is 0 Å². The van der Waals surface area contributed by atoms with Gasteiger partial charge in [0.05, 0.1) is 6.20 Å². The van der Waals surface area contributed by atoms with Crippen molar-refractivity contribution in [2.45, 2.75) is 6.18 Å². The van der Waals surface area contributed by atoms with Gasteiger partial charge in [0, 0.05) is 6.20 Å². The van der Waals surface area contributed by atoms with Crippen LogP contribution < -0.4 is 4.74 Å². The summed E-state index contributed by atoms with van der Waals surface area (Å²) in [6.45, 7) is 0. The average Bonchev–Trinajstić information content (AvgIpc) is 2.32. The second-order valence-electron chi connectivity index (χ2n) is 3.27. The molecule has 0 spiro atoms. The summed E-state index contributed by atoms with van der Waals surface area (Å²) in [5.74, 6) is 0.402. The Morgan fingerprint density at radius 1 is 1.11 bits per heavy atom. The highest BCUT2D eigenvalue weighted by atomic mass is 35.5. The predicted molar refractivity (Wildman–Crippen MR) is 58.6 cm³/mol. The highest BCUT2D eigenvalue weighted by Gasteiger charge is 2.32. The molecule has 0 amide bonds. The van der Waals surface area contributed by atoms with Crippen molar-refractivity contribution in [1.29, 1.82) is 0 Å². The van der Waals surface area contributed by atoms with Gasteiger partial charge < -0.3 is 4.74 Å². The first-order valence-electron chi connectivity index (χ1n) is 4.78. The lowest BCUT2D eigenvalue weighted by atomic mass is 10.3. The molecule has 7 heteroatoms. The molecule has 94 valence electrons. The summed E-state index contributed by atoms with van der Waals surface area (Å²) in [6.07, 6.45) is -2.02. The molecule has 0 fully saturated rings. The Bertz CT molecular complexity index is 543. The minimum absolute atomic E-state index is 0.123. The van der Waals surface area contributed by atoms with Crippen LogP contribution in [0.5, 0.6) is 11.5 Å². The van der Waals surface area contributed by atoms with Crippen LogP contribution in [0.1, 0.15) is 5.69 Å². The maximum atomic E-state index is 12.3. The van der Waals surface area contributed by atoms with Gasteiger partial charge in [0.2, 0.25) is 0 Å². The third-order valence-electron chi connectivity index (χ3n) is 1.98. The number of halogens is 4. The van der Waals surface area contributed by atoms with Crippen molar-refractivity contribution in [2.75, 3.05) is 0 Å². The summed E-state index contributed by atoms with van der Waals surface area (Å²) < 4.78 is 42.1. The van der Waals surface area contributed by atoms with E-state index in [1.807, 2.05) is 0 Å². The summed E-state index contributed by atoms with van der Waals surface area (Å²) in [5, 5.41) is 0.123. The van der Waals surface area contributed by atoms with Crippen LogP contribution in [-0.4, -0.2) is 9.97 Å². The number of hydrogen-bond donors (Lipinski definition) is 0. The zero-order chi connectivity index (χ0) is 13.2. The van der Waals surface area contributed by atoms with Crippen molar-refractivity contribution in [3.63, 3.8) is 0 Å².